The summed E-state index contributed by atoms with van der Waals surface area (Å²) in [6.07, 6.45) is 7.58. The van der Waals surface area contributed by atoms with E-state index in [0.29, 0.717) is 6.61 Å². The summed E-state index contributed by atoms with van der Waals surface area (Å²) in [5, 5.41) is 9.20. The predicted octanol–water partition coefficient (Wildman–Crippen LogP) is 3.73. The van der Waals surface area contributed by atoms with Crippen molar-refractivity contribution in [2.45, 2.75) is 32.5 Å². The standard InChI is InChI=1S/C18H26O3/c1-4-6-18(12-7-15(5-2)13-19)21-14-16-8-10-17(20-3)11-9-16/h4,7-12,15,18-19H,1,5-6,13-14H2,2-3H3/b12-7-/t15-,18+/m1/s1. The number of aliphatic hydroxyl groups is 1. The summed E-state index contributed by atoms with van der Waals surface area (Å²) in [5.74, 6) is 1.04. The average Bonchev–Trinajstić information content (AvgIpc) is 2.53. The number of methoxy groups -OCH3 is 1. The summed E-state index contributed by atoms with van der Waals surface area (Å²) >= 11 is 0. The number of benzene rings is 1. The van der Waals surface area contributed by atoms with Gasteiger partial charge in [0, 0.05) is 6.61 Å². The van der Waals surface area contributed by atoms with E-state index in [2.05, 4.69) is 13.5 Å². The third-order valence-electron chi connectivity index (χ3n) is 3.38. The molecule has 0 radical (unpaired) electrons. The van der Waals surface area contributed by atoms with Gasteiger partial charge >= 0.3 is 0 Å². The van der Waals surface area contributed by atoms with E-state index in [0.717, 1.165) is 24.2 Å². The summed E-state index contributed by atoms with van der Waals surface area (Å²) in [7, 11) is 1.65. The van der Waals surface area contributed by atoms with E-state index in [9.17, 15) is 5.11 Å². The first-order valence-electron chi connectivity index (χ1n) is 7.38. The molecule has 21 heavy (non-hydrogen) atoms. The molecule has 3 nitrogen and oxygen atoms in total. The molecule has 0 bridgehead atoms. The second-order valence-corrected chi connectivity index (χ2v) is 4.96. The van der Waals surface area contributed by atoms with Crippen LogP contribution in [0.4, 0.5) is 0 Å². The van der Waals surface area contributed by atoms with Gasteiger partial charge in [0.1, 0.15) is 5.75 Å². The minimum atomic E-state index is -0.00907. The first-order chi connectivity index (χ1) is 10.2. The molecular weight excluding hydrogens is 264 g/mol. The molecule has 116 valence electrons. The van der Waals surface area contributed by atoms with E-state index in [1.807, 2.05) is 42.5 Å². The topological polar surface area (TPSA) is 38.7 Å². The van der Waals surface area contributed by atoms with Gasteiger partial charge in [-0.05, 0) is 36.5 Å². The Kier molecular flexibility index (Phi) is 8.48. The molecular formula is C18H26O3. The van der Waals surface area contributed by atoms with Crippen molar-refractivity contribution in [2.75, 3.05) is 13.7 Å². The number of hydrogen-bond donors (Lipinski definition) is 1. The zero-order valence-corrected chi connectivity index (χ0v) is 13.0. The van der Waals surface area contributed by atoms with Crippen molar-refractivity contribution >= 4 is 0 Å². The lowest BCUT2D eigenvalue weighted by Gasteiger charge is -2.14. The molecule has 0 amide bonds. The van der Waals surface area contributed by atoms with Crippen LogP contribution in [0.5, 0.6) is 5.75 Å². The summed E-state index contributed by atoms with van der Waals surface area (Å²) in [6.45, 7) is 6.54. The molecule has 0 spiro atoms. The van der Waals surface area contributed by atoms with Crippen molar-refractivity contribution in [3.63, 3.8) is 0 Å². The predicted molar refractivity (Wildman–Crippen MR) is 86.4 cm³/mol. The van der Waals surface area contributed by atoms with Gasteiger partial charge in [0.15, 0.2) is 0 Å². The van der Waals surface area contributed by atoms with E-state index in [4.69, 9.17) is 9.47 Å². The fraction of sp³-hybridized carbons (Fsp3) is 0.444. The number of ether oxygens (including phenoxy) is 2. The summed E-state index contributed by atoms with van der Waals surface area (Å²) in [4.78, 5) is 0. The number of rotatable bonds is 10. The zero-order chi connectivity index (χ0) is 15.5. The van der Waals surface area contributed by atoms with E-state index in [1.165, 1.54) is 0 Å². The van der Waals surface area contributed by atoms with Crippen LogP contribution in [0.1, 0.15) is 25.3 Å². The fourth-order valence-corrected chi connectivity index (χ4v) is 1.90. The molecule has 2 atom stereocenters. The van der Waals surface area contributed by atoms with Crippen LogP contribution in [0.15, 0.2) is 49.1 Å². The van der Waals surface area contributed by atoms with Gasteiger partial charge in [0.25, 0.3) is 0 Å². The minimum absolute atomic E-state index is 0.00907. The van der Waals surface area contributed by atoms with E-state index >= 15 is 0 Å². The Labute approximate surface area is 127 Å². The second-order valence-electron chi connectivity index (χ2n) is 4.96. The van der Waals surface area contributed by atoms with Crippen molar-refractivity contribution in [3.8, 4) is 5.75 Å². The Bertz CT molecular complexity index is 419. The normalized spacial score (nSPS) is 14.0. The highest BCUT2D eigenvalue weighted by Gasteiger charge is 2.06. The second kappa shape index (κ2) is 10.2. The highest BCUT2D eigenvalue weighted by atomic mass is 16.5. The highest BCUT2D eigenvalue weighted by Crippen LogP contribution is 2.14. The van der Waals surface area contributed by atoms with Crippen LogP contribution in [0, 0.1) is 5.92 Å². The molecule has 0 aliphatic carbocycles. The van der Waals surface area contributed by atoms with Gasteiger partial charge in [0.2, 0.25) is 0 Å². The van der Waals surface area contributed by atoms with Crippen molar-refractivity contribution in [2.24, 2.45) is 5.92 Å². The summed E-state index contributed by atoms with van der Waals surface area (Å²) in [5.41, 5.74) is 1.10. The third kappa shape index (κ3) is 6.61. The Balaban J connectivity index is 2.54. The Morgan fingerprint density at radius 1 is 1.24 bits per heavy atom. The van der Waals surface area contributed by atoms with Crippen molar-refractivity contribution in [1.82, 2.24) is 0 Å². The van der Waals surface area contributed by atoms with Crippen LogP contribution >= 0.6 is 0 Å². The minimum Gasteiger partial charge on any atom is -0.497 e. The third-order valence-corrected chi connectivity index (χ3v) is 3.38. The molecule has 1 aromatic carbocycles. The van der Waals surface area contributed by atoms with Crippen molar-refractivity contribution in [1.29, 1.82) is 0 Å². The van der Waals surface area contributed by atoms with Crippen LogP contribution in [-0.2, 0) is 11.3 Å². The molecule has 1 rings (SSSR count). The van der Waals surface area contributed by atoms with Gasteiger partial charge < -0.3 is 14.6 Å². The Morgan fingerprint density at radius 3 is 2.48 bits per heavy atom. The lowest BCUT2D eigenvalue weighted by Crippen LogP contribution is -2.10. The van der Waals surface area contributed by atoms with Crippen molar-refractivity contribution in [3.05, 3.63) is 54.6 Å². The summed E-state index contributed by atoms with van der Waals surface area (Å²) < 4.78 is 11.0. The smallest absolute Gasteiger partial charge is 0.118 e. The molecule has 0 saturated heterocycles. The molecule has 0 unspecified atom stereocenters. The number of hydrogen-bond acceptors (Lipinski definition) is 3. The fourth-order valence-electron chi connectivity index (χ4n) is 1.90. The summed E-state index contributed by atoms with van der Waals surface area (Å²) in [6, 6.07) is 7.85. The molecule has 1 N–H and O–H groups in total. The van der Waals surface area contributed by atoms with Crippen LogP contribution in [0.25, 0.3) is 0 Å². The first-order valence-corrected chi connectivity index (χ1v) is 7.38. The molecule has 0 saturated carbocycles. The lowest BCUT2D eigenvalue weighted by molar-refractivity contribution is 0.0734. The largest absolute Gasteiger partial charge is 0.497 e. The molecule has 3 heteroatoms. The highest BCUT2D eigenvalue weighted by molar-refractivity contribution is 5.26. The number of aliphatic hydroxyl groups excluding tert-OH is 1. The average molecular weight is 290 g/mol. The Morgan fingerprint density at radius 2 is 1.95 bits per heavy atom. The van der Waals surface area contributed by atoms with Gasteiger partial charge in [-0.1, -0.05) is 37.3 Å². The van der Waals surface area contributed by atoms with E-state index in [-0.39, 0.29) is 18.6 Å². The van der Waals surface area contributed by atoms with Gasteiger partial charge in [-0.2, -0.15) is 0 Å². The van der Waals surface area contributed by atoms with E-state index in [1.54, 1.807) is 7.11 Å². The maximum Gasteiger partial charge on any atom is 0.118 e. The van der Waals surface area contributed by atoms with Crippen molar-refractivity contribution < 1.29 is 14.6 Å². The van der Waals surface area contributed by atoms with Crippen LogP contribution < -0.4 is 4.74 Å². The van der Waals surface area contributed by atoms with E-state index < -0.39 is 0 Å². The van der Waals surface area contributed by atoms with Crippen LogP contribution in [-0.4, -0.2) is 24.9 Å². The molecule has 0 fully saturated rings. The Hall–Kier alpha value is -1.58. The maximum absolute atomic E-state index is 9.20. The first kappa shape index (κ1) is 17.5. The van der Waals surface area contributed by atoms with Gasteiger partial charge in [0.05, 0.1) is 19.8 Å². The molecule has 0 aliphatic heterocycles. The zero-order valence-electron chi connectivity index (χ0n) is 13.0. The molecule has 1 aromatic rings. The van der Waals surface area contributed by atoms with Gasteiger partial charge in [-0.3, -0.25) is 0 Å². The van der Waals surface area contributed by atoms with Gasteiger partial charge in [-0.15, -0.1) is 6.58 Å². The molecule has 0 aromatic heterocycles. The van der Waals surface area contributed by atoms with Gasteiger partial charge in [-0.25, -0.2) is 0 Å². The lowest BCUT2D eigenvalue weighted by atomic mass is 10.1. The molecule has 0 heterocycles. The maximum atomic E-state index is 9.20. The molecule has 0 aliphatic rings. The van der Waals surface area contributed by atoms with Crippen LogP contribution in [0.2, 0.25) is 0 Å². The quantitative estimate of drug-likeness (QED) is 0.667. The monoisotopic (exact) mass is 290 g/mol. The SMILES string of the molecule is C=CC[C@@H](/C=C\[C@@H](CC)CO)OCc1ccc(OC)cc1. The van der Waals surface area contributed by atoms with Crippen LogP contribution in [0.3, 0.4) is 0 Å².